The molecule has 0 fully saturated rings. The average molecular weight is 300 g/mol. The Morgan fingerprint density at radius 2 is 2.11 bits per heavy atom. The second-order valence-electron chi connectivity index (χ2n) is 3.83. The predicted octanol–water partition coefficient (Wildman–Crippen LogP) is 3.82. The van der Waals surface area contributed by atoms with Crippen molar-refractivity contribution >= 4 is 29.2 Å². The standard InChI is InChI=1S/C13H8Cl2FNO2/c14-10-3-1-2-9(12(10)15)13-7(5-11(18)19)4-8(16)6-17-13/h1-4,6H,5H2,(H,18,19). The average Bonchev–Trinajstić information content (AvgIpc) is 2.33. The number of hydrogen-bond acceptors (Lipinski definition) is 2. The Labute approximate surface area is 118 Å². The Morgan fingerprint density at radius 3 is 2.79 bits per heavy atom. The summed E-state index contributed by atoms with van der Waals surface area (Å²) in [5.74, 6) is -1.68. The van der Waals surface area contributed by atoms with E-state index in [4.69, 9.17) is 28.3 Å². The van der Waals surface area contributed by atoms with Gasteiger partial charge < -0.3 is 5.11 Å². The molecule has 3 nitrogen and oxygen atoms in total. The zero-order valence-corrected chi connectivity index (χ0v) is 11.0. The van der Waals surface area contributed by atoms with E-state index in [0.717, 1.165) is 12.3 Å². The molecule has 0 amide bonds. The zero-order chi connectivity index (χ0) is 14.0. The van der Waals surface area contributed by atoms with Crippen molar-refractivity contribution in [1.29, 1.82) is 0 Å². The van der Waals surface area contributed by atoms with E-state index in [-0.39, 0.29) is 17.0 Å². The maximum absolute atomic E-state index is 13.2. The van der Waals surface area contributed by atoms with Crippen molar-refractivity contribution in [2.45, 2.75) is 6.42 Å². The van der Waals surface area contributed by atoms with Crippen molar-refractivity contribution in [1.82, 2.24) is 4.98 Å². The summed E-state index contributed by atoms with van der Waals surface area (Å²) in [5, 5.41) is 9.43. The van der Waals surface area contributed by atoms with Crippen LogP contribution in [0, 0.1) is 5.82 Å². The summed E-state index contributed by atoms with van der Waals surface area (Å²) in [6.07, 6.45) is 0.668. The highest BCUT2D eigenvalue weighted by Crippen LogP contribution is 2.34. The molecule has 0 unspecified atom stereocenters. The van der Waals surface area contributed by atoms with Gasteiger partial charge in [-0.15, -0.1) is 0 Å². The largest absolute Gasteiger partial charge is 0.481 e. The molecule has 2 rings (SSSR count). The van der Waals surface area contributed by atoms with E-state index in [0.29, 0.717) is 16.3 Å². The van der Waals surface area contributed by atoms with Gasteiger partial charge in [0.05, 0.1) is 28.4 Å². The minimum atomic E-state index is -1.08. The van der Waals surface area contributed by atoms with Crippen LogP contribution in [0.5, 0.6) is 0 Å². The van der Waals surface area contributed by atoms with Gasteiger partial charge >= 0.3 is 5.97 Å². The molecule has 2 aromatic rings. The van der Waals surface area contributed by atoms with E-state index in [1.807, 2.05) is 0 Å². The van der Waals surface area contributed by atoms with Crippen LogP contribution in [0.15, 0.2) is 30.5 Å². The number of carboxylic acid groups (broad SMARTS) is 1. The number of aromatic nitrogens is 1. The number of hydrogen-bond donors (Lipinski definition) is 1. The number of carbonyl (C=O) groups is 1. The third-order valence-electron chi connectivity index (χ3n) is 2.48. The molecule has 0 aliphatic carbocycles. The number of rotatable bonds is 3. The van der Waals surface area contributed by atoms with Crippen LogP contribution in [0.25, 0.3) is 11.3 Å². The summed E-state index contributed by atoms with van der Waals surface area (Å²) in [6.45, 7) is 0. The van der Waals surface area contributed by atoms with E-state index in [1.54, 1.807) is 18.2 Å². The van der Waals surface area contributed by atoms with Gasteiger partial charge in [-0.05, 0) is 17.7 Å². The Kier molecular flexibility index (Phi) is 4.02. The first kappa shape index (κ1) is 13.8. The van der Waals surface area contributed by atoms with Gasteiger partial charge in [-0.1, -0.05) is 35.3 Å². The number of aliphatic carboxylic acids is 1. The van der Waals surface area contributed by atoms with E-state index in [9.17, 15) is 9.18 Å². The van der Waals surface area contributed by atoms with Crippen molar-refractivity contribution < 1.29 is 14.3 Å². The summed E-state index contributed by atoms with van der Waals surface area (Å²) in [5.41, 5.74) is 1.04. The molecule has 0 atom stereocenters. The molecule has 1 N–H and O–H groups in total. The highest BCUT2D eigenvalue weighted by atomic mass is 35.5. The van der Waals surface area contributed by atoms with Crippen LogP contribution in [-0.4, -0.2) is 16.1 Å². The fourth-order valence-corrected chi connectivity index (χ4v) is 2.10. The molecule has 19 heavy (non-hydrogen) atoms. The monoisotopic (exact) mass is 299 g/mol. The van der Waals surface area contributed by atoms with Crippen LogP contribution in [0.4, 0.5) is 4.39 Å². The topological polar surface area (TPSA) is 50.2 Å². The van der Waals surface area contributed by atoms with Crippen molar-refractivity contribution in [2.75, 3.05) is 0 Å². The number of benzene rings is 1. The fourth-order valence-electron chi connectivity index (χ4n) is 1.71. The fraction of sp³-hybridized carbons (Fsp3) is 0.0769. The number of carboxylic acids is 1. The minimum Gasteiger partial charge on any atom is -0.481 e. The first-order valence-electron chi connectivity index (χ1n) is 5.29. The van der Waals surface area contributed by atoms with Crippen molar-refractivity contribution in [3.63, 3.8) is 0 Å². The Balaban J connectivity index is 2.61. The molecular formula is C13H8Cl2FNO2. The molecule has 0 saturated carbocycles. The molecule has 0 saturated heterocycles. The Morgan fingerprint density at radius 1 is 1.37 bits per heavy atom. The molecule has 0 bridgehead atoms. The SMILES string of the molecule is O=C(O)Cc1cc(F)cnc1-c1cccc(Cl)c1Cl. The van der Waals surface area contributed by atoms with E-state index in [2.05, 4.69) is 4.98 Å². The van der Waals surface area contributed by atoms with Gasteiger partial charge in [-0.3, -0.25) is 9.78 Å². The highest BCUT2D eigenvalue weighted by molar-refractivity contribution is 6.43. The van der Waals surface area contributed by atoms with Crippen molar-refractivity contribution in [3.05, 3.63) is 51.9 Å². The smallest absolute Gasteiger partial charge is 0.307 e. The molecule has 1 heterocycles. The van der Waals surface area contributed by atoms with E-state index in [1.165, 1.54) is 0 Å². The lowest BCUT2D eigenvalue weighted by Crippen LogP contribution is -2.04. The lowest BCUT2D eigenvalue weighted by molar-refractivity contribution is -0.136. The molecular weight excluding hydrogens is 292 g/mol. The first-order chi connectivity index (χ1) is 8.99. The molecule has 0 aliphatic heterocycles. The van der Waals surface area contributed by atoms with Crippen LogP contribution in [-0.2, 0) is 11.2 Å². The third-order valence-corrected chi connectivity index (χ3v) is 3.30. The quantitative estimate of drug-likeness (QED) is 0.937. The van der Waals surface area contributed by atoms with Gasteiger partial charge in [0.2, 0.25) is 0 Å². The first-order valence-corrected chi connectivity index (χ1v) is 6.05. The summed E-state index contributed by atoms with van der Waals surface area (Å²) in [6, 6.07) is 6.06. The summed E-state index contributed by atoms with van der Waals surface area (Å²) < 4.78 is 13.2. The number of pyridine rings is 1. The molecule has 98 valence electrons. The second kappa shape index (κ2) is 5.55. The zero-order valence-electron chi connectivity index (χ0n) is 9.53. The third kappa shape index (κ3) is 3.03. The summed E-state index contributed by atoms with van der Waals surface area (Å²) in [4.78, 5) is 14.7. The normalized spacial score (nSPS) is 10.5. The molecule has 0 aliphatic rings. The van der Waals surface area contributed by atoms with Crippen LogP contribution in [0.1, 0.15) is 5.56 Å². The van der Waals surface area contributed by atoms with Crippen LogP contribution in [0.2, 0.25) is 10.0 Å². The molecule has 0 spiro atoms. The van der Waals surface area contributed by atoms with Crippen LogP contribution < -0.4 is 0 Å². The predicted molar refractivity (Wildman–Crippen MR) is 71.0 cm³/mol. The maximum atomic E-state index is 13.2. The summed E-state index contributed by atoms with van der Waals surface area (Å²) >= 11 is 12.0. The van der Waals surface area contributed by atoms with E-state index >= 15 is 0 Å². The number of halogens is 3. The molecule has 0 radical (unpaired) electrons. The summed E-state index contributed by atoms with van der Waals surface area (Å²) in [7, 11) is 0. The van der Waals surface area contributed by atoms with E-state index < -0.39 is 11.8 Å². The van der Waals surface area contributed by atoms with Crippen LogP contribution >= 0.6 is 23.2 Å². The minimum absolute atomic E-state index is 0.247. The molecule has 1 aromatic heterocycles. The van der Waals surface area contributed by atoms with Gasteiger partial charge in [0.1, 0.15) is 5.82 Å². The number of nitrogens with zero attached hydrogens (tertiary/aromatic N) is 1. The van der Waals surface area contributed by atoms with Crippen LogP contribution in [0.3, 0.4) is 0 Å². The highest BCUT2D eigenvalue weighted by Gasteiger charge is 2.15. The maximum Gasteiger partial charge on any atom is 0.307 e. The Hall–Kier alpha value is -1.65. The van der Waals surface area contributed by atoms with Gasteiger partial charge in [0.25, 0.3) is 0 Å². The van der Waals surface area contributed by atoms with Gasteiger partial charge in [0.15, 0.2) is 0 Å². The van der Waals surface area contributed by atoms with Gasteiger partial charge in [0, 0.05) is 5.56 Å². The lowest BCUT2D eigenvalue weighted by Gasteiger charge is -2.09. The van der Waals surface area contributed by atoms with Crippen molar-refractivity contribution in [3.8, 4) is 11.3 Å². The lowest BCUT2D eigenvalue weighted by atomic mass is 10.0. The second-order valence-corrected chi connectivity index (χ2v) is 4.62. The van der Waals surface area contributed by atoms with Gasteiger partial charge in [-0.2, -0.15) is 0 Å². The molecule has 6 heteroatoms. The van der Waals surface area contributed by atoms with Crippen molar-refractivity contribution in [2.24, 2.45) is 0 Å². The van der Waals surface area contributed by atoms with Gasteiger partial charge in [-0.25, -0.2) is 4.39 Å². The molecule has 1 aromatic carbocycles. The Bertz CT molecular complexity index is 647.